The average Bonchev–Trinajstić information content (AvgIpc) is 2.29. The van der Waals surface area contributed by atoms with E-state index in [4.69, 9.17) is 0 Å². The summed E-state index contributed by atoms with van der Waals surface area (Å²) in [7, 11) is 0. The summed E-state index contributed by atoms with van der Waals surface area (Å²) in [6, 6.07) is 12.8. The highest BCUT2D eigenvalue weighted by molar-refractivity contribution is 5.41. The molecule has 17 heavy (non-hydrogen) atoms. The van der Waals surface area contributed by atoms with E-state index in [2.05, 4.69) is 61.4 Å². The van der Waals surface area contributed by atoms with Crippen LogP contribution in [0.15, 0.2) is 42.6 Å². The molecule has 1 heterocycles. The molecule has 0 bridgehead atoms. The minimum atomic E-state index is 0.269. The minimum Gasteiger partial charge on any atom is -0.364 e. The maximum atomic E-state index is 4.32. The number of benzene rings is 1. The molecule has 0 fully saturated rings. The number of nitrogens with zero attached hydrogens (tertiary/aromatic N) is 1. The van der Waals surface area contributed by atoms with Crippen molar-refractivity contribution >= 4 is 5.82 Å². The predicted octanol–water partition coefficient (Wildman–Crippen LogP) is 3.87. The van der Waals surface area contributed by atoms with Gasteiger partial charge < -0.3 is 5.32 Å². The summed E-state index contributed by atoms with van der Waals surface area (Å²) in [6.45, 7) is 6.37. The number of nitrogens with one attached hydrogen (secondary N) is 1. The van der Waals surface area contributed by atoms with E-state index in [1.807, 2.05) is 12.3 Å². The lowest BCUT2D eigenvalue weighted by Gasteiger charge is -2.17. The molecule has 0 amide bonds. The first-order valence-corrected chi connectivity index (χ1v) is 5.91. The fourth-order valence-corrected chi connectivity index (χ4v) is 1.99. The molecule has 2 rings (SSSR count). The van der Waals surface area contributed by atoms with Crippen molar-refractivity contribution in [3.63, 3.8) is 0 Å². The average molecular weight is 226 g/mol. The second-order valence-corrected chi connectivity index (χ2v) is 4.44. The lowest BCUT2D eigenvalue weighted by atomic mass is 10.0. The lowest BCUT2D eigenvalue weighted by Crippen LogP contribution is -2.09. The molecular weight excluding hydrogens is 208 g/mol. The zero-order chi connectivity index (χ0) is 12.3. The van der Waals surface area contributed by atoms with E-state index in [1.165, 1.54) is 16.7 Å². The van der Waals surface area contributed by atoms with Gasteiger partial charge in [0.2, 0.25) is 0 Å². The first-order valence-electron chi connectivity index (χ1n) is 5.91. The Labute approximate surface area is 103 Å². The normalized spacial score (nSPS) is 12.2. The molecule has 0 radical (unpaired) electrons. The molecule has 2 aromatic rings. The monoisotopic (exact) mass is 226 g/mol. The van der Waals surface area contributed by atoms with E-state index in [0.29, 0.717) is 0 Å². The Kier molecular flexibility index (Phi) is 3.43. The Morgan fingerprint density at radius 2 is 1.88 bits per heavy atom. The van der Waals surface area contributed by atoms with Gasteiger partial charge in [-0.2, -0.15) is 0 Å². The SMILES string of the molecule is Cc1ccnc(NC(C)c2ccccc2C)c1. The van der Waals surface area contributed by atoms with Crippen LogP contribution < -0.4 is 5.32 Å². The largest absolute Gasteiger partial charge is 0.364 e. The van der Waals surface area contributed by atoms with Crippen LogP contribution in [0, 0.1) is 13.8 Å². The summed E-state index contributed by atoms with van der Waals surface area (Å²) in [6.07, 6.45) is 1.84. The Morgan fingerprint density at radius 3 is 2.59 bits per heavy atom. The Hall–Kier alpha value is -1.83. The van der Waals surface area contributed by atoms with E-state index in [1.54, 1.807) is 0 Å². The maximum Gasteiger partial charge on any atom is 0.126 e. The van der Waals surface area contributed by atoms with Crippen LogP contribution in [0.25, 0.3) is 0 Å². The zero-order valence-corrected chi connectivity index (χ0v) is 10.6. The number of anilines is 1. The number of hydrogen-bond acceptors (Lipinski definition) is 2. The second kappa shape index (κ2) is 5.00. The smallest absolute Gasteiger partial charge is 0.126 e. The molecule has 1 aromatic heterocycles. The summed E-state index contributed by atoms with van der Waals surface area (Å²) >= 11 is 0. The summed E-state index contributed by atoms with van der Waals surface area (Å²) in [5, 5.41) is 3.43. The van der Waals surface area contributed by atoms with E-state index in [0.717, 1.165) is 5.82 Å². The maximum absolute atomic E-state index is 4.32. The molecule has 1 unspecified atom stereocenters. The Morgan fingerprint density at radius 1 is 1.12 bits per heavy atom. The van der Waals surface area contributed by atoms with Crippen LogP contribution in [0.4, 0.5) is 5.82 Å². The van der Waals surface area contributed by atoms with Gasteiger partial charge in [0, 0.05) is 6.20 Å². The van der Waals surface area contributed by atoms with Gasteiger partial charge in [-0.3, -0.25) is 0 Å². The number of rotatable bonds is 3. The molecule has 0 aliphatic rings. The van der Waals surface area contributed by atoms with Gasteiger partial charge in [0.15, 0.2) is 0 Å². The van der Waals surface area contributed by atoms with E-state index >= 15 is 0 Å². The molecule has 88 valence electrons. The van der Waals surface area contributed by atoms with Crippen molar-refractivity contribution < 1.29 is 0 Å². The standard InChI is InChI=1S/C15H18N2/c1-11-8-9-16-15(10-11)17-13(3)14-7-5-4-6-12(14)2/h4-10,13H,1-3H3,(H,16,17). The Bertz CT molecular complexity index is 506. The van der Waals surface area contributed by atoms with Gasteiger partial charge in [0.25, 0.3) is 0 Å². The van der Waals surface area contributed by atoms with Crippen LogP contribution in [0.2, 0.25) is 0 Å². The molecular formula is C15H18N2. The first-order chi connectivity index (χ1) is 8.16. The molecule has 0 saturated carbocycles. The molecule has 1 atom stereocenters. The fraction of sp³-hybridized carbons (Fsp3) is 0.267. The second-order valence-electron chi connectivity index (χ2n) is 4.44. The van der Waals surface area contributed by atoms with E-state index < -0.39 is 0 Å². The summed E-state index contributed by atoms with van der Waals surface area (Å²) in [4.78, 5) is 4.32. The molecule has 1 N–H and O–H groups in total. The number of aromatic nitrogens is 1. The van der Waals surface area contributed by atoms with Crippen LogP contribution in [0.3, 0.4) is 0 Å². The van der Waals surface area contributed by atoms with Crippen LogP contribution >= 0.6 is 0 Å². The van der Waals surface area contributed by atoms with Crippen molar-refractivity contribution in [2.24, 2.45) is 0 Å². The van der Waals surface area contributed by atoms with Gasteiger partial charge >= 0.3 is 0 Å². The molecule has 0 saturated heterocycles. The van der Waals surface area contributed by atoms with Crippen molar-refractivity contribution in [2.75, 3.05) is 5.32 Å². The third-order valence-electron chi connectivity index (χ3n) is 2.93. The molecule has 2 nitrogen and oxygen atoms in total. The lowest BCUT2D eigenvalue weighted by molar-refractivity contribution is 0.864. The molecule has 0 spiro atoms. The molecule has 0 aliphatic heterocycles. The Balaban J connectivity index is 2.17. The van der Waals surface area contributed by atoms with E-state index in [9.17, 15) is 0 Å². The fourth-order valence-electron chi connectivity index (χ4n) is 1.99. The highest BCUT2D eigenvalue weighted by Gasteiger charge is 2.07. The zero-order valence-electron chi connectivity index (χ0n) is 10.6. The third kappa shape index (κ3) is 2.84. The summed E-state index contributed by atoms with van der Waals surface area (Å²) in [5.74, 6) is 0.931. The molecule has 0 aliphatic carbocycles. The number of hydrogen-bond donors (Lipinski definition) is 1. The van der Waals surface area contributed by atoms with Gasteiger partial charge in [0.1, 0.15) is 5.82 Å². The van der Waals surface area contributed by atoms with Crippen LogP contribution in [0.5, 0.6) is 0 Å². The number of aryl methyl sites for hydroxylation is 2. The van der Waals surface area contributed by atoms with E-state index in [-0.39, 0.29) is 6.04 Å². The van der Waals surface area contributed by atoms with Crippen molar-refractivity contribution in [1.82, 2.24) is 4.98 Å². The van der Waals surface area contributed by atoms with Gasteiger partial charge in [-0.15, -0.1) is 0 Å². The van der Waals surface area contributed by atoms with Crippen LogP contribution in [-0.2, 0) is 0 Å². The highest BCUT2D eigenvalue weighted by Crippen LogP contribution is 2.20. The molecule has 1 aromatic carbocycles. The van der Waals surface area contributed by atoms with Gasteiger partial charge in [-0.05, 0) is 49.6 Å². The van der Waals surface area contributed by atoms with Gasteiger partial charge in [0.05, 0.1) is 6.04 Å². The third-order valence-corrected chi connectivity index (χ3v) is 2.93. The minimum absolute atomic E-state index is 0.269. The summed E-state index contributed by atoms with van der Waals surface area (Å²) in [5.41, 5.74) is 3.84. The van der Waals surface area contributed by atoms with Gasteiger partial charge in [-0.25, -0.2) is 4.98 Å². The van der Waals surface area contributed by atoms with Crippen molar-refractivity contribution in [3.8, 4) is 0 Å². The van der Waals surface area contributed by atoms with Crippen molar-refractivity contribution in [1.29, 1.82) is 0 Å². The van der Waals surface area contributed by atoms with Crippen LogP contribution in [-0.4, -0.2) is 4.98 Å². The highest BCUT2D eigenvalue weighted by atomic mass is 15.0. The van der Waals surface area contributed by atoms with Crippen LogP contribution in [0.1, 0.15) is 29.7 Å². The van der Waals surface area contributed by atoms with Gasteiger partial charge in [-0.1, -0.05) is 24.3 Å². The summed E-state index contributed by atoms with van der Waals surface area (Å²) < 4.78 is 0. The van der Waals surface area contributed by atoms with Crippen molar-refractivity contribution in [3.05, 3.63) is 59.3 Å². The topological polar surface area (TPSA) is 24.9 Å². The van der Waals surface area contributed by atoms with Crippen molar-refractivity contribution in [2.45, 2.75) is 26.8 Å². The number of pyridine rings is 1. The molecule has 2 heteroatoms. The quantitative estimate of drug-likeness (QED) is 0.859. The predicted molar refractivity (Wildman–Crippen MR) is 72.2 cm³/mol. The first kappa shape index (κ1) is 11.6.